The lowest BCUT2D eigenvalue weighted by Crippen LogP contribution is -2.13. The van der Waals surface area contributed by atoms with E-state index in [-0.39, 0.29) is 18.1 Å². The Morgan fingerprint density at radius 1 is 1.07 bits per heavy atom. The summed E-state index contributed by atoms with van der Waals surface area (Å²) in [5, 5.41) is 3.18. The summed E-state index contributed by atoms with van der Waals surface area (Å²) in [4.78, 5) is 18.7. The minimum atomic E-state index is -4.64. The van der Waals surface area contributed by atoms with E-state index in [1.807, 2.05) is 0 Å². The van der Waals surface area contributed by atoms with Crippen LogP contribution in [-0.2, 0) is 17.4 Å². The molecule has 0 unspecified atom stereocenters. The van der Waals surface area contributed by atoms with Crippen molar-refractivity contribution in [3.63, 3.8) is 0 Å². The van der Waals surface area contributed by atoms with Crippen molar-refractivity contribution in [2.45, 2.75) is 12.6 Å². The van der Waals surface area contributed by atoms with Crippen LogP contribution in [0.25, 0.3) is 11.4 Å². The third-order valence-corrected chi connectivity index (χ3v) is 3.94. The number of alkyl halides is 3. The van der Waals surface area contributed by atoms with E-state index in [0.29, 0.717) is 21.8 Å². The van der Waals surface area contributed by atoms with Gasteiger partial charge in [0, 0.05) is 22.3 Å². The van der Waals surface area contributed by atoms with Crippen LogP contribution in [0, 0.1) is 0 Å². The molecule has 9 heteroatoms. The molecule has 0 aliphatic heterocycles. The zero-order valence-corrected chi connectivity index (χ0v) is 15.1. The molecule has 0 saturated carbocycles. The molecule has 28 heavy (non-hydrogen) atoms. The number of rotatable bonds is 5. The molecule has 3 aromatic rings. The highest BCUT2D eigenvalue weighted by atomic mass is 35.5. The van der Waals surface area contributed by atoms with Crippen LogP contribution in [0.3, 0.4) is 0 Å². The molecule has 0 spiro atoms. The van der Waals surface area contributed by atoms with Crippen LogP contribution in [0.15, 0.2) is 54.6 Å². The molecule has 3 N–H and O–H groups in total. The van der Waals surface area contributed by atoms with Crippen molar-refractivity contribution in [1.82, 2.24) is 9.97 Å². The Morgan fingerprint density at radius 3 is 2.39 bits per heavy atom. The Hall–Kier alpha value is -3.13. The normalized spacial score (nSPS) is 11.3. The second kappa shape index (κ2) is 7.85. The maximum Gasteiger partial charge on any atom is 0.433 e. The molecule has 0 saturated heterocycles. The van der Waals surface area contributed by atoms with E-state index >= 15 is 0 Å². The molecule has 1 heterocycles. The van der Waals surface area contributed by atoms with Crippen LogP contribution >= 0.6 is 11.6 Å². The first kappa shape index (κ1) is 19.6. The Kier molecular flexibility index (Phi) is 5.51. The molecule has 0 aliphatic rings. The summed E-state index contributed by atoms with van der Waals surface area (Å²) in [6.45, 7) is 0. The van der Waals surface area contributed by atoms with Gasteiger partial charge in [-0.2, -0.15) is 13.2 Å². The molecule has 0 radical (unpaired) electrons. The molecule has 0 fully saturated rings. The van der Waals surface area contributed by atoms with Gasteiger partial charge in [0.1, 0.15) is 5.82 Å². The highest BCUT2D eigenvalue weighted by Gasteiger charge is 2.34. The number of aromatic nitrogens is 2. The largest absolute Gasteiger partial charge is 0.433 e. The highest BCUT2D eigenvalue weighted by molar-refractivity contribution is 6.30. The highest BCUT2D eigenvalue weighted by Crippen LogP contribution is 2.32. The number of halogens is 4. The molecule has 1 aromatic heterocycles. The number of carbonyl (C=O) groups excluding carboxylic acids is 1. The number of anilines is 2. The first-order chi connectivity index (χ1) is 13.2. The average molecular weight is 409 g/mol. The molecule has 1 amide bonds. The quantitative estimate of drug-likeness (QED) is 0.605. The van der Waals surface area contributed by atoms with Gasteiger partial charge < -0.3 is 11.1 Å². The van der Waals surface area contributed by atoms with Gasteiger partial charge in [-0.05, 0) is 29.8 Å². The summed E-state index contributed by atoms with van der Waals surface area (Å²) in [5.74, 6) is -0.609. The number of nitrogens with zero attached hydrogens (tertiary/aromatic N) is 2. The summed E-state index contributed by atoms with van der Waals surface area (Å²) in [7, 11) is 0. The Bertz CT molecular complexity index is 1010. The predicted molar refractivity (Wildman–Crippen MR) is 100 cm³/mol. The second-order valence-electron chi connectivity index (χ2n) is 5.94. The number of benzene rings is 2. The first-order valence-electron chi connectivity index (χ1n) is 8.07. The minimum absolute atomic E-state index is 0.0278. The van der Waals surface area contributed by atoms with Crippen LogP contribution in [0.1, 0.15) is 11.3 Å². The fraction of sp³-hybridized carbons (Fsp3) is 0.105. The van der Waals surface area contributed by atoms with E-state index in [2.05, 4.69) is 15.3 Å². The minimum Gasteiger partial charge on any atom is -0.369 e. The van der Waals surface area contributed by atoms with Crippen molar-refractivity contribution in [3.8, 4) is 11.4 Å². The molecule has 0 aliphatic carbocycles. The number of nitrogens with two attached hydrogens (primary N) is 1. The third kappa shape index (κ3) is 4.98. The Balaban J connectivity index is 1.96. The topological polar surface area (TPSA) is 80.9 Å². The number of hydrogen-bond acceptors (Lipinski definition) is 4. The van der Waals surface area contributed by atoms with Gasteiger partial charge in [-0.25, -0.2) is 9.97 Å². The number of amides is 1. The SMILES string of the molecule is NC(=[18O])Cc1ccc(Nc2cc(C(F)(F)F)nc(-c3cccc(Cl)c3)n2)cc1. The zero-order valence-electron chi connectivity index (χ0n) is 14.3. The van der Waals surface area contributed by atoms with Gasteiger partial charge in [0.25, 0.3) is 0 Å². The summed E-state index contributed by atoms with van der Waals surface area (Å²) >= 11 is 5.92. The van der Waals surface area contributed by atoms with Crippen LogP contribution in [0.4, 0.5) is 24.7 Å². The molecule has 144 valence electrons. The third-order valence-electron chi connectivity index (χ3n) is 3.70. The number of primary amides is 1. The molecular weight excluding hydrogens is 395 g/mol. The lowest BCUT2D eigenvalue weighted by atomic mass is 10.1. The smallest absolute Gasteiger partial charge is 0.369 e. The average Bonchev–Trinajstić information content (AvgIpc) is 2.62. The van der Waals surface area contributed by atoms with Crippen molar-refractivity contribution in [2.75, 3.05) is 5.32 Å². The zero-order chi connectivity index (χ0) is 20.3. The van der Waals surface area contributed by atoms with Crippen molar-refractivity contribution in [2.24, 2.45) is 5.73 Å². The molecule has 2 aromatic carbocycles. The summed E-state index contributed by atoms with van der Waals surface area (Å²) < 4.78 is 39.8. The van der Waals surface area contributed by atoms with Gasteiger partial charge >= 0.3 is 6.18 Å². The lowest BCUT2D eigenvalue weighted by molar-refractivity contribution is -0.141. The van der Waals surface area contributed by atoms with E-state index in [1.165, 1.54) is 6.07 Å². The fourth-order valence-electron chi connectivity index (χ4n) is 2.47. The molecule has 0 bridgehead atoms. The van der Waals surface area contributed by atoms with Crippen LogP contribution in [-0.4, -0.2) is 15.9 Å². The fourth-order valence-corrected chi connectivity index (χ4v) is 2.66. The van der Waals surface area contributed by atoms with Gasteiger partial charge in [0.05, 0.1) is 6.42 Å². The van der Waals surface area contributed by atoms with Gasteiger partial charge in [-0.15, -0.1) is 0 Å². The van der Waals surface area contributed by atoms with Crippen molar-refractivity contribution < 1.29 is 18.0 Å². The Labute approximate surface area is 163 Å². The van der Waals surface area contributed by atoms with E-state index in [4.69, 9.17) is 17.3 Å². The standard InChI is InChI=1S/C19H14ClF3N4O/c20-13-3-1-2-12(9-13)18-26-15(19(21,22)23)10-17(27-18)25-14-6-4-11(5-7-14)8-16(24)28/h1-7,9-10H,8H2,(H2,24,28)(H,25,26,27)/i28+2. The molecular formula is C19H14ClF3N4O. The van der Waals surface area contributed by atoms with Crippen LogP contribution in [0.2, 0.25) is 5.02 Å². The van der Waals surface area contributed by atoms with Crippen molar-refractivity contribution in [1.29, 1.82) is 0 Å². The predicted octanol–water partition coefficient (Wildman–Crippen LogP) is 4.59. The van der Waals surface area contributed by atoms with E-state index in [0.717, 1.165) is 6.07 Å². The summed E-state index contributed by atoms with van der Waals surface area (Å²) in [6.07, 6.45) is -4.57. The maximum absolute atomic E-state index is 13.3. The van der Waals surface area contributed by atoms with E-state index in [1.54, 1.807) is 42.5 Å². The van der Waals surface area contributed by atoms with Gasteiger partial charge in [0.15, 0.2) is 11.5 Å². The van der Waals surface area contributed by atoms with Crippen molar-refractivity contribution in [3.05, 3.63) is 70.9 Å². The van der Waals surface area contributed by atoms with Gasteiger partial charge in [-0.1, -0.05) is 35.9 Å². The van der Waals surface area contributed by atoms with E-state index in [9.17, 15) is 18.0 Å². The lowest BCUT2D eigenvalue weighted by Gasteiger charge is -2.12. The van der Waals surface area contributed by atoms with E-state index < -0.39 is 17.8 Å². The Morgan fingerprint density at radius 2 is 1.79 bits per heavy atom. The first-order valence-corrected chi connectivity index (χ1v) is 8.45. The van der Waals surface area contributed by atoms with Crippen LogP contribution in [0.5, 0.6) is 0 Å². The monoisotopic (exact) mass is 408 g/mol. The van der Waals surface area contributed by atoms with Gasteiger partial charge in [-0.3, -0.25) is 4.79 Å². The van der Waals surface area contributed by atoms with Crippen molar-refractivity contribution >= 4 is 29.0 Å². The maximum atomic E-state index is 13.3. The molecule has 0 atom stereocenters. The second-order valence-corrected chi connectivity index (χ2v) is 6.37. The van der Waals surface area contributed by atoms with Crippen LogP contribution < -0.4 is 11.1 Å². The molecule has 5 nitrogen and oxygen atoms in total. The van der Waals surface area contributed by atoms with Gasteiger partial charge in [0.2, 0.25) is 5.91 Å². The number of nitrogens with one attached hydrogen (secondary N) is 1. The summed E-state index contributed by atoms with van der Waals surface area (Å²) in [5.41, 5.74) is 5.61. The number of carbonyl (C=O) groups is 1. The molecule has 3 rings (SSSR count). The summed E-state index contributed by atoms with van der Waals surface area (Å²) in [6, 6.07) is 13.6. The number of hydrogen-bond donors (Lipinski definition) is 2.